The Morgan fingerprint density at radius 2 is 1.68 bits per heavy atom. The molecule has 3 aromatic rings. The topological polar surface area (TPSA) is 50.2 Å². The van der Waals surface area contributed by atoms with Crippen LogP contribution >= 0.6 is 0 Å². The molecule has 0 spiro atoms. The quantitative estimate of drug-likeness (QED) is 0.721. The first-order valence-electron chi connectivity index (χ1n) is 7.75. The number of carboxylic acids is 1. The zero-order valence-electron chi connectivity index (χ0n) is 13.4. The van der Waals surface area contributed by atoms with Gasteiger partial charge in [-0.2, -0.15) is 0 Å². The minimum Gasteiger partial charge on any atom is -0.478 e. The van der Waals surface area contributed by atoms with Gasteiger partial charge in [0.15, 0.2) is 0 Å². The summed E-state index contributed by atoms with van der Waals surface area (Å²) in [5, 5.41) is 8.88. The lowest BCUT2D eigenvalue weighted by atomic mass is 10.0. The number of rotatable bonds is 3. The van der Waals surface area contributed by atoms with Crippen LogP contribution in [0.5, 0.6) is 0 Å². The second-order valence-corrected chi connectivity index (χ2v) is 5.31. The van der Waals surface area contributed by atoms with Crippen LogP contribution < -0.4 is 0 Å². The van der Waals surface area contributed by atoms with Crippen LogP contribution in [-0.2, 0) is 0 Å². The third kappa shape index (κ3) is 4.21. The fourth-order valence-electron chi connectivity index (χ4n) is 2.39. The molecule has 0 radical (unpaired) electrons. The Morgan fingerprint density at radius 1 is 0.960 bits per heavy atom. The Labute approximate surface area is 146 Å². The fourth-order valence-corrected chi connectivity index (χ4v) is 2.39. The van der Waals surface area contributed by atoms with Gasteiger partial charge in [-0.25, -0.2) is 4.79 Å². The molecule has 3 nitrogen and oxygen atoms in total. The van der Waals surface area contributed by atoms with E-state index in [0.717, 1.165) is 22.3 Å². The summed E-state index contributed by atoms with van der Waals surface area (Å²) >= 11 is 0. The maximum absolute atomic E-state index is 10.8. The minimum atomic E-state index is -0.938. The van der Waals surface area contributed by atoms with Crippen molar-refractivity contribution in [3.05, 3.63) is 95.8 Å². The van der Waals surface area contributed by atoms with Crippen LogP contribution in [0, 0.1) is 11.8 Å². The van der Waals surface area contributed by atoms with E-state index in [1.807, 2.05) is 36.4 Å². The molecule has 2 aromatic carbocycles. The van der Waals surface area contributed by atoms with E-state index in [1.54, 1.807) is 42.7 Å². The van der Waals surface area contributed by atoms with Crippen LogP contribution in [0.15, 0.2) is 79.1 Å². The van der Waals surface area contributed by atoms with Crippen LogP contribution in [0.1, 0.15) is 21.5 Å². The molecule has 120 valence electrons. The molecule has 0 aliphatic rings. The van der Waals surface area contributed by atoms with Crippen molar-refractivity contribution in [2.75, 3.05) is 0 Å². The van der Waals surface area contributed by atoms with Crippen molar-refractivity contribution in [2.45, 2.75) is 0 Å². The average molecular weight is 325 g/mol. The maximum atomic E-state index is 10.8. The number of benzene rings is 2. The molecule has 1 N–H and O–H groups in total. The van der Waals surface area contributed by atoms with Gasteiger partial charge in [0, 0.05) is 18.0 Å². The summed E-state index contributed by atoms with van der Waals surface area (Å²) in [5.74, 6) is 5.05. The van der Waals surface area contributed by atoms with Gasteiger partial charge in [-0.3, -0.25) is 4.98 Å². The first kappa shape index (κ1) is 16.2. The molecule has 25 heavy (non-hydrogen) atoms. The van der Waals surface area contributed by atoms with Crippen molar-refractivity contribution < 1.29 is 9.90 Å². The Hall–Kier alpha value is -3.64. The van der Waals surface area contributed by atoms with Crippen LogP contribution in [-0.4, -0.2) is 16.1 Å². The molecule has 0 saturated carbocycles. The molecule has 0 fully saturated rings. The number of hydrogen-bond donors (Lipinski definition) is 1. The van der Waals surface area contributed by atoms with E-state index in [9.17, 15) is 4.79 Å². The second-order valence-electron chi connectivity index (χ2n) is 5.31. The minimum absolute atomic E-state index is 0.257. The average Bonchev–Trinajstić information content (AvgIpc) is 2.66. The Morgan fingerprint density at radius 3 is 2.40 bits per heavy atom. The highest BCUT2D eigenvalue weighted by Crippen LogP contribution is 2.23. The summed E-state index contributed by atoms with van der Waals surface area (Å²) in [6, 6.07) is 18.5. The normalized spacial score (nSPS) is 10.2. The Balaban J connectivity index is 1.79. The first-order chi connectivity index (χ1) is 12.2. The van der Waals surface area contributed by atoms with E-state index in [4.69, 9.17) is 5.11 Å². The number of aromatic carboxylic acids is 1. The second kappa shape index (κ2) is 7.76. The van der Waals surface area contributed by atoms with Gasteiger partial charge in [0.1, 0.15) is 0 Å². The lowest BCUT2D eigenvalue weighted by molar-refractivity contribution is 0.0697. The molecule has 1 heterocycles. The number of pyridine rings is 1. The van der Waals surface area contributed by atoms with Gasteiger partial charge in [-0.15, -0.1) is 0 Å². The molecule has 3 rings (SSSR count). The standard InChI is InChI=1S/C22H15NO2/c24-22(25)20-11-9-17(10-12-20)5-1-2-6-18-7-3-4-8-21(18)19-13-15-23-16-14-19/h2-4,6-16H,(H,24,25). The van der Waals surface area contributed by atoms with Crippen LogP contribution in [0.2, 0.25) is 0 Å². The van der Waals surface area contributed by atoms with E-state index < -0.39 is 5.97 Å². The van der Waals surface area contributed by atoms with E-state index in [-0.39, 0.29) is 5.56 Å². The molecule has 3 heteroatoms. The van der Waals surface area contributed by atoms with E-state index in [2.05, 4.69) is 22.9 Å². The van der Waals surface area contributed by atoms with Gasteiger partial charge < -0.3 is 5.11 Å². The molecule has 0 atom stereocenters. The van der Waals surface area contributed by atoms with Crippen molar-refractivity contribution in [3.8, 4) is 23.0 Å². The molecule has 1 aromatic heterocycles. The fraction of sp³-hybridized carbons (Fsp3) is 0. The molecule has 0 unspecified atom stereocenters. The molecule has 0 aliphatic heterocycles. The van der Waals surface area contributed by atoms with Crippen molar-refractivity contribution in [1.29, 1.82) is 0 Å². The number of carbonyl (C=O) groups is 1. The zero-order valence-corrected chi connectivity index (χ0v) is 13.4. The van der Waals surface area contributed by atoms with Gasteiger partial charge >= 0.3 is 5.97 Å². The third-order valence-corrected chi connectivity index (χ3v) is 3.65. The number of carboxylic acid groups (broad SMARTS) is 1. The Bertz CT molecular complexity index is 962. The number of aromatic nitrogens is 1. The molecular weight excluding hydrogens is 310 g/mol. The molecule has 0 aliphatic carbocycles. The van der Waals surface area contributed by atoms with Gasteiger partial charge in [0.25, 0.3) is 0 Å². The highest BCUT2D eigenvalue weighted by Gasteiger charge is 2.01. The monoisotopic (exact) mass is 325 g/mol. The summed E-state index contributed by atoms with van der Waals surface area (Å²) in [6.07, 6.45) is 7.31. The van der Waals surface area contributed by atoms with Gasteiger partial charge in [0.05, 0.1) is 5.56 Å². The van der Waals surface area contributed by atoms with E-state index >= 15 is 0 Å². The van der Waals surface area contributed by atoms with Gasteiger partial charge in [-0.1, -0.05) is 36.1 Å². The van der Waals surface area contributed by atoms with Gasteiger partial charge in [0.2, 0.25) is 0 Å². The predicted molar refractivity (Wildman–Crippen MR) is 99.0 cm³/mol. The van der Waals surface area contributed by atoms with E-state index in [1.165, 1.54) is 0 Å². The number of allylic oxidation sites excluding steroid dienone is 1. The predicted octanol–water partition coefficient (Wildman–Crippen LogP) is 4.51. The van der Waals surface area contributed by atoms with Crippen LogP contribution in [0.3, 0.4) is 0 Å². The number of nitrogens with zero attached hydrogens (tertiary/aromatic N) is 1. The summed E-state index contributed by atoms with van der Waals surface area (Å²) in [6.45, 7) is 0. The van der Waals surface area contributed by atoms with Crippen molar-refractivity contribution >= 4 is 12.0 Å². The van der Waals surface area contributed by atoms with Gasteiger partial charge in [-0.05, 0) is 65.2 Å². The summed E-state index contributed by atoms with van der Waals surface area (Å²) < 4.78 is 0. The first-order valence-corrected chi connectivity index (χ1v) is 7.75. The van der Waals surface area contributed by atoms with Crippen molar-refractivity contribution in [2.24, 2.45) is 0 Å². The largest absolute Gasteiger partial charge is 0.478 e. The van der Waals surface area contributed by atoms with E-state index in [0.29, 0.717) is 0 Å². The third-order valence-electron chi connectivity index (χ3n) is 3.65. The molecular formula is C22H15NO2. The molecule has 0 saturated heterocycles. The smallest absolute Gasteiger partial charge is 0.335 e. The lowest BCUT2D eigenvalue weighted by Crippen LogP contribution is -1.94. The van der Waals surface area contributed by atoms with Crippen LogP contribution in [0.4, 0.5) is 0 Å². The molecule has 0 bridgehead atoms. The SMILES string of the molecule is O=C(O)c1ccc(C#CC=Cc2ccccc2-c2ccncc2)cc1. The highest BCUT2D eigenvalue weighted by molar-refractivity contribution is 5.87. The van der Waals surface area contributed by atoms with Crippen molar-refractivity contribution in [3.63, 3.8) is 0 Å². The van der Waals surface area contributed by atoms with Crippen LogP contribution in [0.25, 0.3) is 17.2 Å². The zero-order chi connectivity index (χ0) is 17.5. The lowest BCUT2D eigenvalue weighted by Gasteiger charge is -2.05. The number of hydrogen-bond acceptors (Lipinski definition) is 2. The molecule has 0 amide bonds. The maximum Gasteiger partial charge on any atom is 0.335 e. The van der Waals surface area contributed by atoms with Crippen molar-refractivity contribution in [1.82, 2.24) is 4.98 Å². The summed E-state index contributed by atoms with van der Waals surface area (Å²) in [5.41, 5.74) is 4.33. The summed E-state index contributed by atoms with van der Waals surface area (Å²) in [4.78, 5) is 14.9. The summed E-state index contributed by atoms with van der Waals surface area (Å²) in [7, 11) is 0. The highest BCUT2D eigenvalue weighted by atomic mass is 16.4. The Kier molecular flexibility index (Phi) is 5.04.